The minimum atomic E-state index is -0.838. The minimum Gasteiger partial charge on any atom is -0.323 e. The van der Waals surface area contributed by atoms with Crippen molar-refractivity contribution in [2.24, 2.45) is 12.8 Å². The lowest BCUT2D eigenvalue weighted by Gasteiger charge is -2.11. The fourth-order valence-electron chi connectivity index (χ4n) is 1.65. The Labute approximate surface area is 120 Å². The van der Waals surface area contributed by atoms with Gasteiger partial charge in [-0.15, -0.1) is 0 Å². The lowest BCUT2D eigenvalue weighted by atomic mass is 10.1. The van der Waals surface area contributed by atoms with Crippen molar-refractivity contribution >= 4 is 23.2 Å². The molecule has 0 aliphatic carbocycles. The van der Waals surface area contributed by atoms with E-state index in [2.05, 4.69) is 10.4 Å². The zero-order chi connectivity index (χ0) is 14.7. The number of halogens is 1. The quantitative estimate of drug-likeness (QED) is 0.896. The number of nitriles is 1. The summed E-state index contributed by atoms with van der Waals surface area (Å²) in [5, 5.41) is 15.6. The Hall–Kier alpha value is -2.36. The number of nitrogens with one attached hydrogen (secondary N) is 1. The first-order valence-electron chi connectivity index (χ1n) is 5.76. The molecule has 0 saturated heterocycles. The molecule has 1 aromatic heterocycles. The number of aryl methyl sites for hydroxylation is 1. The van der Waals surface area contributed by atoms with Gasteiger partial charge in [0.05, 0.1) is 28.5 Å². The Balaban J connectivity index is 2.14. The Morgan fingerprint density at radius 1 is 1.60 bits per heavy atom. The highest BCUT2D eigenvalue weighted by atomic mass is 35.5. The van der Waals surface area contributed by atoms with Crippen molar-refractivity contribution in [3.63, 3.8) is 0 Å². The average molecular weight is 290 g/mol. The fraction of sp³-hybridized carbons (Fsp3) is 0.154. The molecule has 0 bridgehead atoms. The summed E-state index contributed by atoms with van der Waals surface area (Å²) < 4.78 is 1.57. The van der Waals surface area contributed by atoms with Gasteiger partial charge >= 0.3 is 0 Å². The van der Waals surface area contributed by atoms with Crippen LogP contribution >= 0.6 is 11.6 Å². The maximum Gasteiger partial charge on any atom is 0.246 e. The Morgan fingerprint density at radius 2 is 2.35 bits per heavy atom. The van der Waals surface area contributed by atoms with Crippen LogP contribution in [0.5, 0.6) is 0 Å². The number of hydrogen-bond acceptors (Lipinski definition) is 4. The summed E-state index contributed by atoms with van der Waals surface area (Å²) in [6.45, 7) is 0. The molecule has 1 aromatic carbocycles. The van der Waals surface area contributed by atoms with Crippen LogP contribution in [0.15, 0.2) is 30.6 Å². The van der Waals surface area contributed by atoms with Crippen molar-refractivity contribution in [2.45, 2.75) is 6.04 Å². The lowest BCUT2D eigenvalue weighted by molar-refractivity contribution is -0.117. The van der Waals surface area contributed by atoms with Gasteiger partial charge in [0.2, 0.25) is 5.91 Å². The number of benzene rings is 1. The Bertz CT molecular complexity index is 688. The van der Waals surface area contributed by atoms with Crippen molar-refractivity contribution in [1.82, 2.24) is 9.78 Å². The van der Waals surface area contributed by atoms with Crippen LogP contribution in [0.1, 0.15) is 17.2 Å². The maximum absolute atomic E-state index is 12.0. The summed E-state index contributed by atoms with van der Waals surface area (Å²) in [5.41, 5.74) is 7.28. The number of carbonyl (C=O) groups is 1. The number of carbonyl (C=O) groups excluding carboxylic acids is 1. The van der Waals surface area contributed by atoms with Gasteiger partial charge in [-0.05, 0) is 18.2 Å². The smallest absolute Gasteiger partial charge is 0.246 e. The number of nitrogens with zero attached hydrogens (tertiary/aromatic N) is 3. The molecule has 1 atom stereocenters. The van der Waals surface area contributed by atoms with Gasteiger partial charge in [0, 0.05) is 18.8 Å². The first kappa shape index (κ1) is 14.1. The molecule has 0 saturated carbocycles. The van der Waals surface area contributed by atoms with Crippen LogP contribution in [-0.2, 0) is 11.8 Å². The highest BCUT2D eigenvalue weighted by Gasteiger charge is 2.18. The highest BCUT2D eigenvalue weighted by Crippen LogP contribution is 2.23. The van der Waals surface area contributed by atoms with Gasteiger partial charge in [-0.1, -0.05) is 11.6 Å². The maximum atomic E-state index is 12.0. The van der Waals surface area contributed by atoms with E-state index in [1.54, 1.807) is 30.1 Å². The van der Waals surface area contributed by atoms with Gasteiger partial charge in [-0.25, -0.2) is 0 Å². The number of hydrogen-bond donors (Lipinski definition) is 2. The van der Waals surface area contributed by atoms with Gasteiger partial charge in [0.25, 0.3) is 0 Å². The summed E-state index contributed by atoms with van der Waals surface area (Å²) in [7, 11) is 1.74. The van der Waals surface area contributed by atoms with Crippen molar-refractivity contribution in [2.75, 3.05) is 5.32 Å². The molecule has 20 heavy (non-hydrogen) atoms. The third-order valence-corrected chi connectivity index (χ3v) is 3.04. The average Bonchev–Trinajstić information content (AvgIpc) is 2.86. The molecular weight excluding hydrogens is 278 g/mol. The molecule has 0 aliphatic rings. The van der Waals surface area contributed by atoms with Crippen LogP contribution in [-0.4, -0.2) is 15.7 Å². The van der Waals surface area contributed by atoms with Crippen LogP contribution < -0.4 is 11.1 Å². The second-order valence-electron chi connectivity index (χ2n) is 4.22. The number of nitrogens with two attached hydrogens (primary N) is 1. The number of rotatable bonds is 3. The van der Waals surface area contributed by atoms with Gasteiger partial charge in [0.15, 0.2) is 0 Å². The number of aromatic nitrogens is 2. The zero-order valence-corrected chi connectivity index (χ0v) is 11.4. The molecule has 0 fully saturated rings. The zero-order valence-electron chi connectivity index (χ0n) is 10.7. The first-order chi connectivity index (χ1) is 9.51. The van der Waals surface area contributed by atoms with E-state index in [0.29, 0.717) is 16.8 Å². The largest absolute Gasteiger partial charge is 0.323 e. The van der Waals surface area contributed by atoms with Gasteiger partial charge in [0.1, 0.15) is 6.04 Å². The standard InChI is InChI=1S/C13H12ClN5O/c1-19-7-9(6-17-19)12(16)13(20)18-11-3-2-8(5-15)4-10(11)14/h2-4,6-7,12H,16H2,1H3,(H,18,20). The summed E-state index contributed by atoms with van der Waals surface area (Å²) >= 11 is 5.98. The predicted molar refractivity (Wildman–Crippen MR) is 74.9 cm³/mol. The normalized spacial score (nSPS) is 11.7. The highest BCUT2D eigenvalue weighted by molar-refractivity contribution is 6.33. The topological polar surface area (TPSA) is 96.7 Å². The third kappa shape index (κ3) is 2.96. The van der Waals surface area contributed by atoms with E-state index in [-0.39, 0.29) is 5.02 Å². The van der Waals surface area contributed by atoms with Gasteiger partial charge < -0.3 is 11.1 Å². The molecule has 1 unspecified atom stereocenters. The van der Waals surface area contributed by atoms with Crippen molar-refractivity contribution < 1.29 is 4.79 Å². The number of anilines is 1. The summed E-state index contributed by atoms with van der Waals surface area (Å²) in [4.78, 5) is 12.0. The van der Waals surface area contributed by atoms with E-state index in [9.17, 15) is 4.79 Å². The molecule has 7 heteroatoms. The Morgan fingerprint density at radius 3 is 2.90 bits per heavy atom. The van der Waals surface area contributed by atoms with E-state index in [4.69, 9.17) is 22.6 Å². The molecule has 0 spiro atoms. The van der Waals surface area contributed by atoms with E-state index in [1.807, 2.05) is 6.07 Å². The van der Waals surface area contributed by atoms with E-state index < -0.39 is 11.9 Å². The molecule has 3 N–H and O–H groups in total. The monoisotopic (exact) mass is 289 g/mol. The van der Waals surface area contributed by atoms with Crippen molar-refractivity contribution in [3.05, 3.63) is 46.7 Å². The van der Waals surface area contributed by atoms with E-state index >= 15 is 0 Å². The summed E-state index contributed by atoms with van der Waals surface area (Å²) in [6.07, 6.45) is 3.20. The van der Waals surface area contributed by atoms with Crippen LogP contribution in [0.3, 0.4) is 0 Å². The summed E-state index contributed by atoms with van der Waals surface area (Å²) in [5.74, 6) is -0.399. The number of amides is 1. The van der Waals surface area contributed by atoms with Gasteiger partial charge in [-0.3, -0.25) is 9.48 Å². The minimum absolute atomic E-state index is 0.288. The van der Waals surface area contributed by atoms with Gasteiger partial charge in [-0.2, -0.15) is 10.4 Å². The SMILES string of the molecule is Cn1cc(C(N)C(=O)Nc2ccc(C#N)cc2Cl)cn1. The first-order valence-corrected chi connectivity index (χ1v) is 6.13. The molecule has 0 radical (unpaired) electrons. The molecule has 6 nitrogen and oxygen atoms in total. The van der Waals surface area contributed by atoms with Crippen molar-refractivity contribution in [3.8, 4) is 6.07 Å². The predicted octanol–water partition coefficient (Wildman–Crippen LogP) is 1.58. The van der Waals surface area contributed by atoms with Crippen LogP contribution in [0, 0.1) is 11.3 Å². The van der Waals surface area contributed by atoms with Crippen molar-refractivity contribution in [1.29, 1.82) is 5.26 Å². The molecular formula is C13H12ClN5O. The van der Waals surface area contributed by atoms with Crippen LogP contribution in [0.4, 0.5) is 5.69 Å². The van der Waals surface area contributed by atoms with Crippen LogP contribution in [0.25, 0.3) is 0 Å². The second-order valence-corrected chi connectivity index (χ2v) is 4.63. The Kier molecular flexibility index (Phi) is 4.03. The van der Waals surface area contributed by atoms with Crippen LogP contribution in [0.2, 0.25) is 5.02 Å². The molecule has 1 heterocycles. The fourth-order valence-corrected chi connectivity index (χ4v) is 1.88. The van der Waals surface area contributed by atoms with E-state index in [1.165, 1.54) is 12.3 Å². The molecule has 2 aromatic rings. The molecule has 1 amide bonds. The third-order valence-electron chi connectivity index (χ3n) is 2.72. The summed E-state index contributed by atoms with van der Waals surface area (Å²) in [6, 6.07) is 5.74. The van der Waals surface area contributed by atoms with E-state index in [0.717, 1.165) is 0 Å². The molecule has 102 valence electrons. The molecule has 2 rings (SSSR count). The second kappa shape index (κ2) is 5.74. The lowest BCUT2D eigenvalue weighted by Crippen LogP contribution is -2.27. The molecule has 0 aliphatic heterocycles.